The average molecular weight is 252 g/mol. The summed E-state index contributed by atoms with van der Waals surface area (Å²) < 4.78 is 0. The second kappa shape index (κ2) is 3.38. The van der Waals surface area contributed by atoms with Crippen LogP contribution in [0, 0.1) is 22.7 Å². The molecule has 0 aliphatic heterocycles. The van der Waals surface area contributed by atoms with Crippen molar-refractivity contribution in [3.8, 4) is 0 Å². The van der Waals surface area contributed by atoms with E-state index in [1.165, 1.54) is 0 Å². The summed E-state index contributed by atoms with van der Waals surface area (Å²) in [5.74, 6) is 0.721. The highest BCUT2D eigenvalue weighted by Crippen LogP contribution is 2.67. The van der Waals surface area contributed by atoms with Crippen molar-refractivity contribution in [3.63, 3.8) is 0 Å². The van der Waals surface area contributed by atoms with Crippen LogP contribution in [0.3, 0.4) is 0 Å². The van der Waals surface area contributed by atoms with E-state index in [9.17, 15) is 15.3 Å². The summed E-state index contributed by atoms with van der Waals surface area (Å²) in [7, 11) is 0. The molecule has 0 radical (unpaired) electrons. The van der Waals surface area contributed by atoms with E-state index in [0.717, 1.165) is 18.4 Å². The summed E-state index contributed by atoms with van der Waals surface area (Å²) in [5.41, 5.74) is -0.467. The maximum absolute atomic E-state index is 10.8. The van der Waals surface area contributed by atoms with Crippen LogP contribution in [0.25, 0.3) is 0 Å². The van der Waals surface area contributed by atoms with Crippen LogP contribution in [-0.2, 0) is 0 Å². The lowest BCUT2D eigenvalue weighted by Gasteiger charge is -2.64. The van der Waals surface area contributed by atoms with Gasteiger partial charge in [-0.3, -0.25) is 0 Å². The molecule has 0 amide bonds. The number of allylic oxidation sites excluding steroid dienone is 1. The summed E-state index contributed by atoms with van der Waals surface area (Å²) in [6.45, 7) is 6.42. The second-order valence-corrected chi connectivity index (χ2v) is 7.56. The van der Waals surface area contributed by atoms with Gasteiger partial charge in [-0.25, -0.2) is 0 Å². The number of hydrogen-bond donors (Lipinski definition) is 3. The van der Waals surface area contributed by atoms with Crippen LogP contribution in [0.15, 0.2) is 11.6 Å². The molecule has 2 fully saturated rings. The number of aliphatic hydroxyl groups excluding tert-OH is 2. The van der Waals surface area contributed by atoms with Crippen LogP contribution < -0.4 is 0 Å². The van der Waals surface area contributed by atoms with Crippen molar-refractivity contribution in [1.82, 2.24) is 0 Å². The lowest BCUT2D eigenvalue weighted by molar-refractivity contribution is -0.249. The summed E-state index contributed by atoms with van der Waals surface area (Å²) >= 11 is 0. The highest BCUT2D eigenvalue weighted by atomic mass is 16.3. The largest absolute Gasteiger partial charge is 0.392 e. The minimum absolute atomic E-state index is 0.0948. The third kappa shape index (κ3) is 1.25. The van der Waals surface area contributed by atoms with E-state index in [-0.39, 0.29) is 12.0 Å². The molecule has 0 aromatic carbocycles. The van der Waals surface area contributed by atoms with E-state index >= 15 is 0 Å². The predicted octanol–water partition coefficient (Wildman–Crippen LogP) is 1.47. The van der Waals surface area contributed by atoms with Gasteiger partial charge in [0.1, 0.15) is 0 Å². The maximum Gasteiger partial charge on any atom is 0.0984 e. The van der Waals surface area contributed by atoms with E-state index in [0.29, 0.717) is 18.3 Å². The fourth-order valence-electron chi connectivity index (χ4n) is 4.91. The van der Waals surface area contributed by atoms with Crippen molar-refractivity contribution in [2.75, 3.05) is 6.61 Å². The third-order valence-corrected chi connectivity index (χ3v) is 6.04. The molecule has 2 saturated carbocycles. The van der Waals surface area contributed by atoms with Gasteiger partial charge in [0.2, 0.25) is 0 Å². The second-order valence-electron chi connectivity index (χ2n) is 7.56. The van der Waals surface area contributed by atoms with E-state index in [4.69, 9.17) is 0 Å². The third-order valence-electron chi connectivity index (χ3n) is 6.04. The van der Waals surface area contributed by atoms with E-state index in [2.05, 4.69) is 19.9 Å². The van der Waals surface area contributed by atoms with Crippen molar-refractivity contribution < 1.29 is 15.3 Å². The molecular weight excluding hydrogens is 228 g/mol. The molecule has 0 spiro atoms. The Kier molecular flexibility index (Phi) is 2.38. The minimum atomic E-state index is -0.983. The van der Waals surface area contributed by atoms with Crippen molar-refractivity contribution >= 4 is 0 Å². The summed E-state index contributed by atoms with van der Waals surface area (Å²) in [4.78, 5) is 0. The highest BCUT2D eigenvalue weighted by Gasteiger charge is 2.70. The first-order valence-electron chi connectivity index (χ1n) is 6.97. The predicted molar refractivity (Wildman–Crippen MR) is 68.8 cm³/mol. The van der Waals surface area contributed by atoms with Gasteiger partial charge >= 0.3 is 0 Å². The summed E-state index contributed by atoms with van der Waals surface area (Å²) in [6.07, 6.45) is 4.15. The molecule has 0 bridgehead atoms. The van der Waals surface area contributed by atoms with Gasteiger partial charge in [-0.2, -0.15) is 0 Å². The monoisotopic (exact) mass is 252 g/mol. The van der Waals surface area contributed by atoms with Crippen molar-refractivity contribution in [1.29, 1.82) is 0 Å². The summed E-state index contributed by atoms with van der Waals surface area (Å²) in [5, 5.41) is 30.6. The molecule has 3 aliphatic rings. The van der Waals surface area contributed by atoms with Gasteiger partial charge in [0.15, 0.2) is 0 Å². The van der Waals surface area contributed by atoms with Crippen LogP contribution in [0.5, 0.6) is 0 Å². The van der Waals surface area contributed by atoms with E-state index in [1.54, 1.807) is 0 Å². The van der Waals surface area contributed by atoms with Crippen molar-refractivity contribution in [2.24, 2.45) is 22.7 Å². The van der Waals surface area contributed by atoms with Crippen LogP contribution in [0.1, 0.15) is 40.0 Å². The molecule has 0 unspecified atom stereocenters. The van der Waals surface area contributed by atoms with Gasteiger partial charge in [-0.1, -0.05) is 26.8 Å². The fraction of sp³-hybridized carbons (Fsp3) is 0.867. The topological polar surface area (TPSA) is 60.7 Å². The maximum atomic E-state index is 10.8. The Hall–Kier alpha value is -0.380. The van der Waals surface area contributed by atoms with Gasteiger partial charge in [0.05, 0.1) is 18.3 Å². The SMILES string of the molecule is CC1(C)C[C@@H]2C=C(CO)[C@]3(O)C[C@@H](O)[C@]3(C)[C@H]2C1. The first kappa shape index (κ1) is 12.6. The Balaban J connectivity index is 2.07. The number of fused-ring (bicyclic) bond motifs is 3. The van der Waals surface area contributed by atoms with Crippen LogP contribution in [0.4, 0.5) is 0 Å². The first-order valence-corrected chi connectivity index (χ1v) is 6.97. The van der Waals surface area contributed by atoms with Crippen LogP contribution in [0.2, 0.25) is 0 Å². The fourth-order valence-corrected chi connectivity index (χ4v) is 4.91. The van der Waals surface area contributed by atoms with Gasteiger partial charge in [0.25, 0.3) is 0 Å². The van der Waals surface area contributed by atoms with Gasteiger partial charge in [-0.15, -0.1) is 0 Å². The molecule has 5 atom stereocenters. The van der Waals surface area contributed by atoms with Crippen LogP contribution >= 0.6 is 0 Å². The Labute approximate surface area is 109 Å². The zero-order valence-electron chi connectivity index (χ0n) is 11.5. The molecule has 3 aliphatic carbocycles. The molecule has 0 aromatic heterocycles. The number of rotatable bonds is 1. The standard InChI is InChI=1S/C15H24O3/c1-13(2)5-9-4-10(8-16)15(18)7-12(17)14(15,3)11(9)6-13/h4,9,11-12,16-18H,5-8H2,1-3H3/t9-,11-,12+,14-,15+/m0/s1. The molecule has 0 saturated heterocycles. The molecule has 102 valence electrons. The van der Waals surface area contributed by atoms with Gasteiger partial charge in [-0.05, 0) is 35.7 Å². The molecule has 3 heteroatoms. The zero-order valence-corrected chi connectivity index (χ0v) is 11.5. The average Bonchev–Trinajstić information content (AvgIpc) is 2.59. The zero-order chi connectivity index (χ0) is 13.3. The smallest absolute Gasteiger partial charge is 0.0984 e. The number of aliphatic hydroxyl groups is 3. The quantitative estimate of drug-likeness (QED) is 0.619. The number of hydrogen-bond acceptors (Lipinski definition) is 3. The Morgan fingerprint density at radius 2 is 1.89 bits per heavy atom. The van der Waals surface area contributed by atoms with Crippen molar-refractivity contribution in [2.45, 2.75) is 51.7 Å². The van der Waals surface area contributed by atoms with Gasteiger partial charge in [0, 0.05) is 11.8 Å². The normalized spacial score (nSPS) is 53.2. The lowest BCUT2D eigenvalue weighted by Crippen LogP contribution is -2.71. The lowest BCUT2D eigenvalue weighted by atomic mass is 9.44. The molecule has 0 heterocycles. The molecule has 0 aromatic rings. The van der Waals surface area contributed by atoms with E-state index in [1.807, 2.05) is 6.92 Å². The van der Waals surface area contributed by atoms with Gasteiger partial charge < -0.3 is 15.3 Å². The molecule has 3 N–H and O–H groups in total. The Morgan fingerprint density at radius 3 is 2.44 bits per heavy atom. The molecule has 3 nitrogen and oxygen atoms in total. The molecule has 18 heavy (non-hydrogen) atoms. The molecular formula is C15H24O3. The van der Waals surface area contributed by atoms with Crippen molar-refractivity contribution in [3.05, 3.63) is 11.6 Å². The molecule has 3 rings (SSSR count). The minimum Gasteiger partial charge on any atom is -0.392 e. The van der Waals surface area contributed by atoms with E-state index < -0.39 is 17.1 Å². The Morgan fingerprint density at radius 1 is 1.22 bits per heavy atom. The Bertz CT molecular complexity index is 414. The highest BCUT2D eigenvalue weighted by molar-refractivity contribution is 5.37. The van der Waals surface area contributed by atoms with Crippen LogP contribution in [-0.4, -0.2) is 33.6 Å². The first-order chi connectivity index (χ1) is 8.24. The summed E-state index contributed by atoms with van der Waals surface area (Å²) in [6, 6.07) is 0.